The van der Waals surface area contributed by atoms with Gasteiger partial charge >= 0.3 is 0 Å². The van der Waals surface area contributed by atoms with Crippen LogP contribution in [-0.4, -0.2) is 40.3 Å². The molecule has 0 aromatic heterocycles. The number of likely N-dealkylation sites (tertiary alicyclic amines) is 1. The van der Waals surface area contributed by atoms with E-state index in [1.54, 1.807) is 0 Å². The third kappa shape index (κ3) is 2.31. The second-order valence-corrected chi connectivity index (χ2v) is 4.78. The summed E-state index contributed by atoms with van der Waals surface area (Å²) in [6.07, 6.45) is 1.97. The number of rotatable bonds is 2. The molecule has 2 aliphatic rings. The van der Waals surface area contributed by atoms with Crippen molar-refractivity contribution >= 4 is 28.8 Å². The van der Waals surface area contributed by atoms with Crippen molar-refractivity contribution in [1.82, 2.24) is 4.90 Å². The molecule has 0 N–H and O–H groups in total. The zero-order valence-corrected chi connectivity index (χ0v) is 8.96. The van der Waals surface area contributed by atoms with Gasteiger partial charge in [-0.1, -0.05) is 11.8 Å². The molecule has 0 spiro atoms. The van der Waals surface area contributed by atoms with E-state index in [2.05, 4.69) is 4.99 Å². The quantitative estimate of drug-likeness (QED) is 0.618. The van der Waals surface area contributed by atoms with Gasteiger partial charge in [-0.05, 0) is 12.8 Å². The van der Waals surface area contributed by atoms with Crippen molar-refractivity contribution in [3.63, 3.8) is 0 Å². The van der Waals surface area contributed by atoms with Gasteiger partial charge in [0.2, 0.25) is 0 Å². The molecule has 0 radical (unpaired) electrons. The highest BCUT2D eigenvalue weighted by molar-refractivity contribution is 8.15. The summed E-state index contributed by atoms with van der Waals surface area (Å²) in [7, 11) is 0. The lowest BCUT2D eigenvalue weighted by atomic mass is 10.3. The Morgan fingerprint density at radius 1 is 1.53 bits per heavy atom. The average Bonchev–Trinajstić information content (AvgIpc) is 2.75. The summed E-state index contributed by atoms with van der Waals surface area (Å²) < 4.78 is 0. The summed E-state index contributed by atoms with van der Waals surface area (Å²) in [6.45, 7) is 1.83. The third-order valence-corrected chi connectivity index (χ3v) is 3.67. The van der Waals surface area contributed by atoms with Gasteiger partial charge in [-0.3, -0.25) is 4.79 Å². The number of carboxylic acids is 1. The first-order chi connectivity index (χ1) is 7.16. The van der Waals surface area contributed by atoms with Gasteiger partial charge in [0, 0.05) is 25.5 Å². The van der Waals surface area contributed by atoms with E-state index < -0.39 is 11.2 Å². The van der Waals surface area contributed by atoms with Crippen LogP contribution >= 0.6 is 11.8 Å². The van der Waals surface area contributed by atoms with Crippen molar-refractivity contribution < 1.29 is 14.7 Å². The molecule has 0 aromatic rings. The number of hydrogen-bond donors (Lipinski definition) is 0. The Kier molecular flexibility index (Phi) is 2.95. The van der Waals surface area contributed by atoms with Crippen LogP contribution in [0.4, 0.5) is 0 Å². The van der Waals surface area contributed by atoms with Crippen LogP contribution in [0.25, 0.3) is 0 Å². The molecule has 2 aliphatic heterocycles. The van der Waals surface area contributed by atoms with Crippen LogP contribution in [0.5, 0.6) is 0 Å². The number of amides is 1. The molecular formula is C9H11N2O3S-. The van der Waals surface area contributed by atoms with E-state index in [-0.39, 0.29) is 12.3 Å². The van der Waals surface area contributed by atoms with E-state index in [4.69, 9.17) is 0 Å². The number of carboxylic acid groups (broad SMARTS) is 1. The van der Waals surface area contributed by atoms with Gasteiger partial charge in [-0.2, -0.15) is 4.99 Å². The van der Waals surface area contributed by atoms with Crippen molar-refractivity contribution in [1.29, 1.82) is 0 Å². The summed E-state index contributed by atoms with van der Waals surface area (Å²) in [5.74, 6) is -1.54. The highest BCUT2D eigenvalue weighted by Crippen LogP contribution is 2.28. The smallest absolute Gasteiger partial charge is 0.262 e. The highest BCUT2D eigenvalue weighted by Gasteiger charge is 2.32. The Bertz CT molecular complexity index is 323. The van der Waals surface area contributed by atoms with Gasteiger partial charge < -0.3 is 14.8 Å². The molecule has 1 fully saturated rings. The van der Waals surface area contributed by atoms with E-state index >= 15 is 0 Å². The lowest BCUT2D eigenvalue weighted by molar-refractivity contribution is -0.305. The standard InChI is InChI=1S/C9H12N2O3S/c12-7(13)5-6-8(14)10-9(15-6)11-3-1-2-4-11/h6H,1-5H2,(H,12,13)/p-1/t6-/m1/s1. The Morgan fingerprint density at radius 2 is 2.20 bits per heavy atom. The maximum Gasteiger partial charge on any atom is 0.262 e. The molecule has 2 rings (SSSR count). The molecule has 0 unspecified atom stereocenters. The van der Waals surface area contributed by atoms with Crippen LogP contribution in [0.1, 0.15) is 19.3 Å². The van der Waals surface area contributed by atoms with Crippen molar-refractivity contribution in [2.75, 3.05) is 13.1 Å². The predicted octanol–water partition coefficient (Wildman–Crippen LogP) is -0.780. The first kappa shape index (κ1) is 10.5. The minimum absolute atomic E-state index is 0.246. The number of thioether (sulfide) groups is 1. The molecular weight excluding hydrogens is 216 g/mol. The first-order valence-electron chi connectivity index (χ1n) is 4.91. The number of aliphatic carboxylic acids is 1. The second kappa shape index (κ2) is 4.22. The third-order valence-electron chi connectivity index (χ3n) is 2.46. The van der Waals surface area contributed by atoms with E-state index in [0.29, 0.717) is 5.17 Å². The lowest BCUT2D eigenvalue weighted by Gasteiger charge is -2.16. The van der Waals surface area contributed by atoms with Crippen molar-refractivity contribution in [3.8, 4) is 0 Å². The van der Waals surface area contributed by atoms with Gasteiger partial charge in [0.1, 0.15) is 0 Å². The molecule has 2 heterocycles. The molecule has 0 saturated carbocycles. The van der Waals surface area contributed by atoms with Crippen molar-refractivity contribution in [2.24, 2.45) is 4.99 Å². The molecule has 6 heteroatoms. The van der Waals surface area contributed by atoms with Crippen LogP contribution in [-0.2, 0) is 9.59 Å². The number of carbonyl (C=O) groups excluding carboxylic acids is 2. The van der Waals surface area contributed by atoms with E-state index in [1.807, 2.05) is 4.90 Å². The minimum Gasteiger partial charge on any atom is -0.550 e. The zero-order chi connectivity index (χ0) is 10.8. The van der Waals surface area contributed by atoms with Crippen molar-refractivity contribution in [2.45, 2.75) is 24.5 Å². The highest BCUT2D eigenvalue weighted by atomic mass is 32.2. The molecule has 5 nitrogen and oxygen atoms in total. The van der Waals surface area contributed by atoms with E-state index in [9.17, 15) is 14.7 Å². The summed E-state index contributed by atoms with van der Waals surface area (Å²) in [4.78, 5) is 27.7. The van der Waals surface area contributed by atoms with Gasteiger partial charge in [0.25, 0.3) is 5.91 Å². The van der Waals surface area contributed by atoms with Crippen LogP contribution in [0, 0.1) is 0 Å². The molecule has 82 valence electrons. The van der Waals surface area contributed by atoms with Crippen LogP contribution in [0.3, 0.4) is 0 Å². The molecule has 1 saturated heterocycles. The van der Waals surface area contributed by atoms with Crippen LogP contribution < -0.4 is 5.11 Å². The Hall–Kier alpha value is -1.04. The normalized spacial score (nSPS) is 25.9. The van der Waals surface area contributed by atoms with Gasteiger partial charge in [0.15, 0.2) is 5.17 Å². The van der Waals surface area contributed by atoms with Gasteiger partial charge in [-0.15, -0.1) is 0 Å². The first-order valence-corrected chi connectivity index (χ1v) is 5.79. The Morgan fingerprint density at radius 3 is 2.80 bits per heavy atom. The second-order valence-electron chi connectivity index (χ2n) is 3.61. The van der Waals surface area contributed by atoms with Gasteiger partial charge in [-0.25, -0.2) is 0 Å². The van der Waals surface area contributed by atoms with Crippen LogP contribution in [0.2, 0.25) is 0 Å². The number of hydrogen-bond acceptors (Lipinski definition) is 5. The molecule has 15 heavy (non-hydrogen) atoms. The topological polar surface area (TPSA) is 72.8 Å². The molecule has 0 aromatic carbocycles. The summed E-state index contributed by atoms with van der Waals surface area (Å²) in [5.41, 5.74) is 0. The summed E-state index contributed by atoms with van der Waals surface area (Å²) >= 11 is 1.25. The monoisotopic (exact) mass is 227 g/mol. The fourth-order valence-electron chi connectivity index (χ4n) is 1.70. The van der Waals surface area contributed by atoms with E-state index in [1.165, 1.54) is 11.8 Å². The average molecular weight is 227 g/mol. The zero-order valence-electron chi connectivity index (χ0n) is 8.14. The lowest BCUT2D eigenvalue weighted by Crippen LogP contribution is -2.29. The number of carbonyl (C=O) groups is 2. The number of aliphatic imine (C=N–C) groups is 1. The maximum absolute atomic E-state index is 11.4. The number of nitrogens with zero attached hydrogens (tertiary/aromatic N) is 2. The Labute approximate surface area is 91.5 Å². The summed E-state index contributed by atoms with van der Waals surface area (Å²) in [5, 5.41) is 10.5. The van der Waals surface area contributed by atoms with Crippen LogP contribution in [0.15, 0.2) is 4.99 Å². The van der Waals surface area contributed by atoms with Crippen molar-refractivity contribution in [3.05, 3.63) is 0 Å². The molecule has 0 bridgehead atoms. The van der Waals surface area contributed by atoms with E-state index in [0.717, 1.165) is 25.9 Å². The Balaban J connectivity index is 1.97. The fraction of sp³-hybridized carbons (Fsp3) is 0.667. The molecule has 1 atom stereocenters. The largest absolute Gasteiger partial charge is 0.550 e. The maximum atomic E-state index is 11.4. The predicted molar refractivity (Wildman–Crippen MR) is 54.3 cm³/mol. The summed E-state index contributed by atoms with van der Waals surface area (Å²) in [6, 6.07) is 0. The molecule has 1 amide bonds. The minimum atomic E-state index is -1.20. The van der Waals surface area contributed by atoms with Gasteiger partial charge in [0.05, 0.1) is 5.25 Å². The fourth-order valence-corrected chi connectivity index (χ4v) is 2.81. The molecule has 0 aliphatic carbocycles. The number of amidine groups is 1. The SMILES string of the molecule is O=C([O-])C[C@H]1SC(N2CCCC2)=NC1=O.